The standard InChI is InChI=1S/C9H11N5O/c10-9(11)7-1-3-8(4-2-7)15-6-5-13-14-12/h1-4H,5-6H2,(H3,10,11). The molecule has 0 amide bonds. The molecule has 1 aromatic rings. The van der Waals surface area contributed by atoms with Gasteiger partial charge in [0.05, 0.1) is 13.2 Å². The van der Waals surface area contributed by atoms with E-state index in [-0.39, 0.29) is 5.84 Å². The van der Waals surface area contributed by atoms with Gasteiger partial charge in [0.2, 0.25) is 0 Å². The Labute approximate surface area is 86.8 Å². The molecule has 0 saturated carbocycles. The molecule has 78 valence electrons. The summed E-state index contributed by atoms with van der Waals surface area (Å²) in [6.45, 7) is 0.633. The summed E-state index contributed by atoms with van der Waals surface area (Å²) in [5.74, 6) is 0.684. The van der Waals surface area contributed by atoms with Gasteiger partial charge in [-0.05, 0) is 29.8 Å². The fourth-order valence-electron chi connectivity index (χ4n) is 0.980. The largest absolute Gasteiger partial charge is 0.493 e. The molecule has 0 saturated heterocycles. The van der Waals surface area contributed by atoms with E-state index < -0.39 is 0 Å². The van der Waals surface area contributed by atoms with Crippen LogP contribution in [0.15, 0.2) is 29.4 Å². The van der Waals surface area contributed by atoms with Crippen LogP contribution in [0.3, 0.4) is 0 Å². The molecule has 0 aliphatic rings. The van der Waals surface area contributed by atoms with Crippen LogP contribution in [0, 0.1) is 5.41 Å². The van der Waals surface area contributed by atoms with Crippen molar-refractivity contribution in [3.8, 4) is 5.75 Å². The lowest BCUT2D eigenvalue weighted by molar-refractivity contribution is 0.328. The third kappa shape index (κ3) is 3.58. The van der Waals surface area contributed by atoms with Gasteiger partial charge in [0.1, 0.15) is 11.6 Å². The number of rotatable bonds is 5. The molecule has 0 unspecified atom stereocenters. The van der Waals surface area contributed by atoms with Crippen LogP contribution in [0.5, 0.6) is 5.75 Å². The minimum absolute atomic E-state index is 0.0237. The van der Waals surface area contributed by atoms with Gasteiger partial charge in [-0.25, -0.2) is 0 Å². The van der Waals surface area contributed by atoms with Crippen molar-refractivity contribution in [3.05, 3.63) is 40.3 Å². The minimum Gasteiger partial charge on any atom is -0.493 e. The molecule has 1 aromatic carbocycles. The average Bonchev–Trinajstić information content (AvgIpc) is 2.25. The normalized spacial score (nSPS) is 9.07. The van der Waals surface area contributed by atoms with Crippen LogP contribution in [0.25, 0.3) is 10.4 Å². The molecule has 3 N–H and O–H groups in total. The smallest absolute Gasteiger partial charge is 0.122 e. The van der Waals surface area contributed by atoms with Crippen molar-refractivity contribution in [1.29, 1.82) is 5.41 Å². The second-order valence-electron chi connectivity index (χ2n) is 2.74. The number of ether oxygens (including phenoxy) is 1. The van der Waals surface area contributed by atoms with Gasteiger partial charge in [0.25, 0.3) is 0 Å². The Bertz CT molecular complexity index is 380. The summed E-state index contributed by atoms with van der Waals surface area (Å²) in [7, 11) is 0. The number of hydrogen-bond acceptors (Lipinski definition) is 3. The van der Waals surface area contributed by atoms with Crippen molar-refractivity contribution in [2.75, 3.05) is 13.2 Å². The molecule has 0 atom stereocenters. The van der Waals surface area contributed by atoms with Gasteiger partial charge in [0, 0.05) is 10.5 Å². The molecular formula is C9H11N5O. The average molecular weight is 205 g/mol. The van der Waals surface area contributed by atoms with Crippen LogP contribution in [0.1, 0.15) is 5.56 Å². The fourth-order valence-corrected chi connectivity index (χ4v) is 0.980. The summed E-state index contributed by atoms with van der Waals surface area (Å²) < 4.78 is 5.27. The van der Waals surface area contributed by atoms with Gasteiger partial charge in [-0.1, -0.05) is 5.11 Å². The lowest BCUT2D eigenvalue weighted by Crippen LogP contribution is -2.10. The monoisotopic (exact) mass is 205 g/mol. The van der Waals surface area contributed by atoms with Crippen molar-refractivity contribution in [2.24, 2.45) is 10.8 Å². The maximum absolute atomic E-state index is 8.03. The van der Waals surface area contributed by atoms with Crippen LogP contribution in [0.2, 0.25) is 0 Å². The van der Waals surface area contributed by atoms with E-state index in [1.54, 1.807) is 24.3 Å². The van der Waals surface area contributed by atoms with Crippen LogP contribution in [-0.2, 0) is 0 Å². The quantitative estimate of drug-likeness (QED) is 0.190. The molecule has 0 fully saturated rings. The van der Waals surface area contributed by atoms with Gasteiger partial charge in [-0.15, -0.1) is 0 Å². The van der Waals surface area contributed by atoms with E-state index in [1.807, 2.05) is 0 Å². The molecule has 15 heavy (non-hydrogen) atoms. The minimum atomic E-state index is 0.0237. The molecule has 0 bridgehead atoms. The third-order valence-corrected chi connectivity index (χ3v) is 1.69. The Kier molecular flexibility index (Phi) is 4.00. The maximum Gasteiger partial charge on any atom is 0.122 e. The molecule has 0 aliphatic heterocycles. The first-order chi connectivity index (χ1) is 7.24. The van der Waals surface area contributed by atoms with E-state index >= 15 is 0 Å². The predicted octanol–water partition coefficient (Wildman–Crippen LogP) is 1.66. The second-order valence-corrected chi connectivity index (χ2v) is 2.74. The van der Waals surface area contributed by atoms with E-state index in [9.17, 15) is 0 Å². The number of azide groups is 1. The third-order valence-electron chi connectivity index (χ3n) is 1.69. The summed E-state index contributed by atoms with van der Waals surface area (Å²) in [5.41, 5.74) is 14.0. The zero-order valence-electron chi connectivity index (χ0n) is 8.05. The molecule has 0 heterocycles. The molecule has 0 aliphatic carbocycles. The highest BCUT2D eigenvalue weighted by Crippen LogP contribution is 2.11. The summed E-state index contributed by atoms with van der Waals surface area (Å²) in [4.78, 5) is 2.60. The Morgan fingerprint density at radius 2 is 2.13 bits per heavy atom. The number of nitrogens with two attached hydrogens (primary N) is 1. The molecule has 1 rings (SSSR count). The number of nitrogens with zero attached hydrogens (tertiary/aromatic N) is 3. The zero-order valence-corrected chi connectivity index (χ0v) is 8.05. The molecule has 6 nitrogen and oxygen atoms in total. The number of hydrogen-bond donors (Lipinski definition) is 2. The molecule has 0 spiro atoms. The lowest BCUT2D eigenvalue weighted by atomic mass is 10.2. The van der Waals surface area contributed by atoms with E-state index in [1.165, 1.54) is 0 Å². The first kappa shape index (κ1) is 10.9. The molecule has 0 aromatic heterocycles. The lowest BCUT2D eigenvalue weighted by Gasteiger charge is -2.04. The highest BCUT2D eigenvalue weighted by molar-refractivity contribution is 5.94. The van der Waals surface area contributed by atoms with Crippen molar-refractivity contribution in [1.82, 2.24) is 0 Å². The van der Waals surface area contributed by atoms with Gasteiger partial charge in [-0.3, -0.25) is 5.41 Å². The Balaban J connectivity index is 2.49. The van der Waals surface area contributed by atoms with Crippen LogP contribution in [-0.4, -0.2) is 19.0 Å². The molecule has 6 heteroatoms. The van der Waals surface area contributed by atoms with Crippen molar-refractivity contribution in [2.45, 2.75) is 0 Å². The van der Waals surface area contributed by atoms with Crippen LogP contribution < -0.4 is 10.5 Å². The Morgan fingerprint density at radius 1 is 1.47 bits per heavy atom. The Morgan fingerprint density at radius 3 is 2.67 bits per heavy atom. The first-order valence-electron chi connectivity index (χ1n) is 4.32. The number of amidine groups is 1. The van der Waals surface area contributed by atoms with Crippen molar-refractivity contribution in [3.63, 3.8) is 0 Å². The highest BCUT2D eigenvalue weighted by atomic mass is 16.5. The van der Waals surface area contributed by atoms with Crippen molar-refractivity contribution >= 4 is 5.84 Å². The topological polar surface area (TPSA) is 108 Å². The van der Waals surface area contributed by atoms with E-state index in [0.717, 1.165) is 0 Å². The van der Waals surface area contributed by atoms with Crippen molar-refractivity contribution < 1.29 is 4.74 Å². The van der Waals surface area contributed by atoms with Gasteiger partial charge < -0.3 is 10.5 Å². The van der Waals surface area contributed by atoms with E-state index in [4.69, 9.17) is 21.4 Å². The molecule has 0 radical (unpaired) electrons. The van der Waals surface area contributed by atoms with E-state index in [0.29, 0.717) is 24.5 Å². The maximum atomic E-state index is 8.03. The summed E-state index contributed by atoms with van der Waals surface area (Å²) in [6, 6.07) is 6.83. The summed E-state index contributed by atoms with van der Waals surface area (Å²) >= 11 is 0. The van der Waals surface area contributed by atoms with Crippen LogP contribution in [0.4, 0.5) is 0 Å². The molecular weight excluding hydrogens is 194 g/mol. The van der Waals surface area contributed by atoms with E-state index in [2.05, 4.69) is 10.0 Å². The van der Waals surface area contributed by atoms with Crippen LogP contribution >= 0.6 is 0 Å². The Hall–Kier alpha value is -2.20. The zero-order chi connectivity index (χ0) is 11.1. The fraction of sp³-hybridized carbons (Fsp3) is 0.222. The number of benzene rings is 1. The highest BCUT2D eigenvalue weighted by Gasteiger charge is 1.96. The first-order valence-corrected chi connectivity index (χ1v) is 4.32. The SMILES string of the molecule is [N-]=[N+]=NCCOc1ccc(C(=N)N)cc1. The number of nitrogen functional groups attached to an aromatic ring is 1. The second kappa shape index (κ2) is 5.51. The summed E-state index contributed by atoms with van der Waals surface area (Å²) in [6.07, 6.45) is 0. The predicted molar refractivity (Wildman–Crippen MR) is 57.0 cm³/mol. The van der Waals surface area contributed by atoms with Gasteiger partial charge >= 0.3 is 0 Å². The number of nitrogens with one attached hydrogen (secondary N) is 1. The van der Waals surface area contributed by atoms with Gasteiger partial charge in [0.15, 0.2) is 0 Å². The van der Waals surface area contributed by atoms with Gasteiger partial charge in [-0.2, -0.15) is 0 Å². The summed E-state index contributed by atoms with van der Waals surface area (Å²) in [5, 5.41) is 10.5.